The highest BCUT2D eigenvalue weighted by molar-refractivity contribution is 14.1. The first-order chi connectivity index (χ1) is 10.6. The van der Waals surface area contributed by atoms with Gasteiger partial charge in [-0.1, -0.05) is 12.1 Å². The summed E-state index contributed by atoms with van der Waals surface area (Å²) in [6.07, 6.45) is 3.19. The molecule has 6 nitrogen and oxygen atoms in total. The number of rotatable bonds is 4. The summed E-state index contributed by atoms with van der Waals surface area (Å²) in [6.45, 7) is -0.337. The van der Waals surface area contributed by atoms with Gasteiger partial charge in [0, 0.05) is 8.95 Å². The topological polar surface area (TPSA) is 72.7 Å². The highest BCUT2D eigenvalue weighted by atomic mass is 127. The second kappa shape index (κ2) is 6.44. The van der Waals surface area contributed by atoms with Crippen LogP contribution in [0.15, 0.2) is 42.2 Å². The fourth-order valence-electron chi connectivity index (χ4n) is 1.82. The summed E-state index contributed by atoms with van der Waals surface area (Å²) in [6, 6.07) is 7.37. The van der Waals surface area contributed by atoms with Crippen molar-refractivity contribution in [3.8, 4) is 0 Å². The van der Waals surface area contributed by atoms with Gasteiger partial charge in [0.25, 0.3) is 5.91 Å². The van der Waals surface area contributed by atoms with E-state index in [9.17, 15) is 9.59 Å². The molecule has 0 saturated heterocycles. The van der Waals surface area contributed by atoms with Crippen LogP contribution in [0.3, 0.4) is 0 Å². The zero-order valence-corrected chi connectivity index (χ0v) is 14.1. The first kappa shape index (κ1) is 15.0. The van der Waals surface area contributed by atoms with Gasteiger partial charge < -0.3 is 10.1 Å². The van der Waals surface area contributed by atoms with E-state index in [0.29, 0.717) is 11.4 Å². The molecular formula is C14H10IN3O3S. The molecular weight excluding hydrogens is 417 g/mol. The molecule has 0 atom stereocenters. The Bertz CT molecular complexity index is 843. The molecule has 8 heteroatoms. The quantitative estimate of drug-likeness (QED) is 0.514. The van der Waals surface area contributed by atoms with Gasteiger partial charge in [-0.3, -0.25) is 9.20 Å². The molecule has 2 heterocycles. The maximum absolute atomic E-state index is 12.0. The molecule has 2 aromatic heterocycles. The van der Waals surface area contributed by atoms with Gasteiger partial charge >= 0.3 is 5.97 Å². The summed E-state index contributed by atoms with van der Waals surface area (Å²) >= 11 is 3.51. The van der Waals surface area contributed by atoms with E-state index in [1.165, 1.54) is 17.7 Å². The summed E-state index contributed by atoms with van der Waals surface area (Å²) in [5, 5.41) is 4.38. The number of amides is 1. The van der Waals surface area contributed by atoms with Gasteiger partial charge in [-0.25, -0.2) is 9.78 Å². The lowest BCUT2D eigenvalue weighted by molar-refractivity contribution is -0.119. The van der Waals surface area contributed by atoms with Crippen LogP contribution in [0.2, 0.25) is 0 Å². The number of hydrogen-bond acceptors (Lipinski definition) is 5. The Hall–Kier alpha value is -1.94. The number of para-hydroxylation sites is 1. The van der Waals surface area contributed by atoms with Gasteiger partial charge in [0.15, 0.2) is 6.61 Å². The van der Waals surface area contributed by atoms with Crippen LogP contribution in [0.5, 0.6) is 0 Å². The molecule has 0 aliphatic rings. The molecule has 0 spiro atoms. The fraction of sp³-hybridized carbons (Fsp3) is 0.0714. The van der Waals surface area contributed by atoms with Gasteiger partial charge in [0.1, 0.15) is 16.9 Å². The van der Waals surface area contributed by atoms with Crippen molar-refractivity contribution < 1.29 is 14.3 Å². The lowest BCUT2D eigenvalue weighted by atomic mass is 10.3. The molecule has 0 fully saturated rings. The Morgan fingerprint density at radius 3 is 3.00 bits per heavy atom. The van der Waals surface area contributed by atoms with Crippen LogP contribution in [0.4, 0.5) is 5.69 Å². The SMILES string of the molecule is O=C(COC(=O)c1csc2cncn12)Nc1ccccc1I. The number of fused-ring (bicyclic) bond motifs is 1. The van der Waals surface area contributed by atoms with Gasteiger partial charge in [0.05, 0.1) is 11.9 Å². The number of aromatic nitrogens is 2. The number of nitrogens with one attached hydrogen (secondary N) is 1. The van der Waals surface area contributed by atoms with Crippen molar-refractivity contribution in [1.29, 1.82) is 0 Å². The van der Waals surface area contributed by atoms with E-state index in [1.54, 1.807) is 22.0 Å². The van der Waals surface area contributed by atoms with Crippen LogP contribution in [0.1, 0.15) is 10.5 Å². The lowest BCUT2D eigenvalue weighted by Gasteiger charge is -2.07. The number of carbonyl (C=O) groups is 2. The molecule has 0 bridgehead atoms. The molecule has 3 aromatic rings. The third-order valence-corrected chi connectivity index (χ3v) is 4.67. The van der Waals surface area contributed by atoms with Crippen molar-refractivity contribution in [3.05, 3.63) is 51.4 Å². The highest BCUT2D eigenvalue weighted by Crippen LogP contribution is 2.18. The highest BCUT2D eigenvalue weighted by Gasteiger charge is 2.15. The van der Waals surface area contributed by atoms with Gasteiger partial charge in [-0.2, -0.15) is 0 Å². The number of anilines is 1. The normalized spacial score (nSPS) is 10.6. The smallest absolute Gasteiger partial charge is 0.356 e. The number of hydrogen-bond donors (Lipinski definition) is 1. The Morgan fingerprint density at radius 1 is 1.36 bits per heavy atom. The predicted molar refractivity (Wildman–Crippen MR) is 91.1 cm³/mol. The molecule has 22 heavy (non-hydrogen) atoms. The van der Waals surface area contributed by atoms with Crippen LogP contribution in [-0.2, 0) is 9.53 Å². The molecule has 0 aliphatic heterocycles. The molecule has 0 unspecified atom stereocenters. The summed E-state index contributed by atoms with van der Waals surface area (Å²) in [7, 11) is 0. The Labute approximate surface area is 143 Å². The predicted octanol–water partition coefficient (Wildman–Crippen LogP) is 2.80. The Balaban J connectivity index is 1.60. The number of halogens is 1. The Morgan fingerprint density at radius 2 is 2.18 bits per heavy atom. The number of thiazole rings is 1. The molecule has 1 N–H and O–H groups in total. The largest absolute Gasteiger partial charge is 0.451 e. The third kappa shape index (κ3) is 3.12. The van der Waals surface area contributed by atoms with Crippen LogP contribution in [-0.4, -0.2) is 27.9 Å². The maximum Gasteiger partial charge on any atom is 0.356 e. The number of ether oxygens (including phenoxy) is 1. The van der Waals surface area contributed by atoms with Crippen LogP contribution >= 0.6 is 33.9 Å². The zero-order valence-electron chi connectivity index (χ0n) is 11.2. The fourth-order valence-corrected chi connectivity index (χ4v) is 3.17. The maximum atomic E-state index is 12.0. The molecule has 0 aliphatic carbocycles. The zero-order chi connectivity index (χ0) is 15.5. The van der Waals surface area contributed by atoms with Crippen LogP contribution < -0.4 is 5.32 Å². The summed E-state index contributed by atoms with van der Waals surface area (Å²) in [5.41, 5.74) is 1.05. The molecule has 0 radical (unpaired) electrons. The van der Waals surface area contributed by atoms with Gasteiger partial charge in [-0.15, -0.1) is 11.3 Å². The molecule has 1 amide bonds. The van der Waals surface area contributed by atoms with Crippen molar-refractivity contribution in [3.63, 3.8) is 0 Å². The van der Waals surface area contributed by atoms with E-state index in [1.807, 2.05) is 18.2 Å². The van der Waals surface area contributed by atoms with Crippen molar-refractivity contribution in [2.75, 3.05) is 11.9 Å². The molecule has 0 saturated carbocycles. The monoisotopic (exact) mass is 427 g/mol. The first-order valence-corrected chi connectivity index (χ1v) is 8.22. The number of carbonyl (C=O) groups excluding carboxylic acids is 2. The second-order valence-electron chi connectivity index (χ2n) is 4.33. The van der Waals surface area contributed by atoms with E-state index >= 15 is 0 Å². The van der Waals surface area contributed by atoms with E-state index in [4.69, 9.17) is 4.74 Å². The number of esters is 1. The van der Waals surface area contributed by atoms with Crippen molar-refractivity contribution >= 4 is 56.3 Å². The number of imidazole rings is 1. The third-order valence-electron chi connectivity index (χ3n) is 2.85. The average molecular weight is 427 g/mol. The second-order valence-corrected chi connectivity index (χ2v) is 6.38. The van der Waals surface area contributed by atoms with E-state index < -0.39 is 5.97 Å². The number of benzene rings is 1. The first-order valence-electron chi connectivity index (χ1n) is 6.26. The minimum atomic E-state index is -0.554. The molecule has 112 valence electrons. The number of nitrogens with zero attached hydrogens (tertiary/aromatic N) is 2. The van der Waals surface area contributed by atoms with Crippen molar-refractivity contribution in [2.24, 2.45) is 0 Å². The average Bonchev–Trinajstić information content (AvgIpc) is 3.10. The van der Waals surface area contributed by atoms with Gasteiger partial charge in [0.2, 0.25) is 0 Å². The van der Waals surface area contributed by atoms with Gasteiger partial charge in [-0.05, 0) is 34.7 Å². The van der Waals surface area contributed by atoms with E-state index in [0.717, 1.165) is 8.40 Å². The van der Waals surface area contributed by atoms with Crippen molar-refractivity contribution in [1.82, 2.24) is 9.38 Å². The van der Waals surface area contributed by atoms with E-state index in [-0.39, 0.29) is 12.5 Å². The lowest BCUT2D eigenvalue weighted by Crippen LogP contribution is -2.21. The summed E-state index contributed by atoms with van der Waals surface area (Å²) in [5.74, 6) is -0.934. The minimum absolute atomic E-state index is 0.337. The Kier molecular flexibility index (Phi) is 4.39. The van der Waals surface area contributed by atoms with Crippen LogP contribution in [0, 0.1) is 3.57 Å². The summed E-state index contributed by atoms with van der Waals surface area (Å²) in [4.78, 5) is 28.6. The van der Waals surface area contributed by atoms with E-state index in [2.05, 4.69) is 32.9 Å². The van der Waals surface area contributed by atoms with Crippen molar-refractivity contribution in [2.45, 2.75) is 0 Å². The standard InChI is InChI=1S/C14H10IN3O3S/c15-9-3-1-2-4-10(9)17-12(19)6-21-14(20)11-7-22-13-5-16-8-18(11)13/h1-5,7-8H,6H2,(H,17,19). The minimum Gasteiger partial charge on any atom is -0.451 e. The molecule has 3 rings (SSSR count). The molecule has 1 aromatic carbocycles. The summed E-state index contributed by atoms with van der Waals surface area (Å²) < 4.78 is 7.59. The van der Waals surface area contributed by atoms with Crippen LogP contribution in [0.25, 0.3) is 4.83 Å².